The summed E-state index contributed by atoms with van der Waals surface area (Å²) in [5, 5.41) is 7.29. The average molecular weight is 388 g/mol. The Balaban J connectivity index is 1.59. The number of methoxy groups -OCH3 is 2. The monoisotopic (exact) mass is 387 g/mol. The summed E-state index contributed by atoms with van der Waals surface area (Å²) in [4.78, 5) is 16.6. The highest BCUT2D eigenvalue weighted by molar-refractivity contribution is 6.33. The van der Waals surface area contributed by atoms with Gasteiger partial charge >= 0.3 is 0 Å². The number of amides is 1. The summed E-state index contributed by atoms with van der Waals surface area (Å²) in [6.45, 7) is 0.345. The topological polar surface area (TPSA) is 86.5 Å². The van der Waals surface area contributed by atoms with Crippen LogP contribution in [0.5, 0.6) is 11.5 Å². The van der Waals surface area contributed by atoms with E-state index in [9.17, 15) is 4.79 Å². The zero-order chi connectivity index (χ0) is 19.2. The Kier molecular flexibility index (Phi) is 5.93. The van der Waals surface area contributed by atoms with Gasteiger partial charge in [0.2, 0.25) is 11.7 Å². The lowest BCUT2D eigenvalue weighted by Crippen LogP contribution is -2.25. The van der Waals surface area contributed by atoms with Crippen LogP contribution in [0.2, 0.25) is 5.02 Å². The molecule has 0 fully saturated rings. The predicted octanol–water partition coefficient (Wildman–Crippen LogP) is 3.38. The van der Waals surface area contributed by atoms with E-state index in [1.165, 1.54) is 7.11 Å². The fourth-order valence-electron chi connectivity index (χ4n) is 2.47. The number of nitrogens with one attached hydrogen (secondary N) is 1. The summed E-state index contributed by atoms with van der Waals surface area (Å²) in [6, 6.07) is 12.2. The van der Waals surface area contributed by atoms with E-state index in [2.05, 4.69) is 15.5 Å². The quantitative estimate of drug-likeness (QED) is 0.668. The molecule has 1 N–H and O–H groups in total. The van der Waals surface area contributed by atoms with Crippen LogP contribution < -0.4 is 14.8 Å². The molecular formula is C19H18ClN3O4. The molecule has 0 saturated carbocycles. The van der Waals surface area contributed by atoms with Crippen molar-refractivity contribution in [2.75, 3.05) is 20.8 Å². The Morgan fingerprint density at radius 3 is 2.67 bits per heavy atom. The number of benzene rings is 2. The molecule has 140 valence electrons. The van der Waals surface area contributed by atoms with Gasteiger partial charge in [-0.2, -0.15) is 4.98 Å². The van der Waals surface area contributed by atoms with Crippen molar-refractivity contribution in [2.45, 2.75) is 6.42 Å². The Morgan fingerprint density at radius 1 is 1.15 bits per heavy atom. The first-order valence-corrected chi connectivity index (χ1v) is 8.58. The SMILES string of the molecule is COc1ccc(C(=O)NCCc2nc(-c3ccccc3Cl)no2)cc1OC. The third-order valence-electron chi connectivity index (χ3n) is 3.85. The van der Waals surface area contributed by atoms with Gasteiger partial charge in [-0.25, -0.2) is 0 Å². The fourth-order valence-corrected chi connectivity index (χ4v) is 2.69. The summed E-state index contributed by atoms with van der Waals surface area (Å²) in [7, 11) is 3.06. The molecule has 0 spiro atoms. The minimum absolute atomic E-state index is 0.234. The number of halogens is 1. The number of carbonyl (C=O) groups excluding carboxylic acids is 1. The zero-order valence-electron chi connectivity index (χ0n) is 14.9. The van der Waals surface area contributed by atoms with E-state index in [1.54, 1.807) is 31.4 Å². The van der Waals surface area contributed by atoms with E-state index in [0.29, 0.717) is 52.3 Å². The molecule has 0 unspecified atom stereocenters. The van der Waals surface area contributed by atoms with Gasteiger partial charge in [-0.05, 0) is 30.3 Å². The van der Waals surface area contributed by atoms with Gasteiger partial charge in [-0.3, -0.25) is 4.79 Å². The normalized spacial score (nSPS) is 10.5. The van der Waals surface area contributed by atoms with Gasteiger partial charge in [0, 0.05) is 24.1 Å². The van der Waals surface area contributed by atoms with Crippen molar-refractivity contribution >= 4 is 17.5 Å². The number of ether oxygens (including phenoxy) is 2. The summed E-state index contributed by atoms with van der Waals surface area (Å²) in [5.41, 5.74) is 1.17. The highest BCUT2D eigenvalue weighted by Crippen LogP contribution is 2.27. The van der Waals surface area contributed by atoms with Crippen LogP contribution in [0.1, 0.15) is 16.2 Å². The molecule has 0 bridgehead atoms. The number of rotatable bonds is 7. The van der Waals surface area contributed by atoms with E-state index in [-0.39, 0.29) is 5.91 Å². The van der Waals surface area contributed by atoms with Crippen LogP contribution in [-0.2, 0) is 6.42 Å². The second-order valence-corrected chi connectivity index (χ2v) is 5.97. The van der Waals surface area contributed by atoms with Gasteiger partial charge in [0.05, 0.1) is 19.2 Å². The van der Waals surface area contributed by atoms with Crippen LogP contribution in [0.15, 0.2) is 47.0 Å². The van der Waals surface area contributed by atoms with Gasteiger partial charge in [-0.15, -0.1) is 0 Å². The van der Waals surface area contributed by atoms with E-state index in [0.717, 1.165) is 0 Å². The maximum Gasteiger partial charge on any atom is 0.251 e. The first-order chi connectivity index (χ1) is 13.1. The van der Waals surface area contributed by atoms with Gasteiger partial charge in [0.1, 0.15) is 0 Å². The molecular weight excluding hydrogens is 370 g/mol. The smallest absolute Gasteiger partial charge is 0.251 e. The van der Waals surface area contributed by atoms with Crippen LogP contribution >= 0.6 is 11.6 Å². The minimum atomic E-state index is -0.234. The standard InChI is InChI=1S/C19H18ClN3O4/c1-25-15-8-7-12(11-16(15)26-2)19(24)21-10-9-17-22-18(23-27-17)13-5-3-4-6-14(13)20/h3-8,11H,9-10H2,1-2H3,(H,21,24). The number of hydrogen-bond donors (Lipinski definition) is 1. The first kappa shape index (κ1) is 18.7. The number of nitrogens with zero attached hydrogens (tertiary/aromatic N) is 2. The van der Waals surface area contributed by atoms with Gasteiger partial charge in [-0.1, -0.05) is 28.9 Å². The highest BCUT2D eigenvalue weighted by atomic mass is 35.5. The lowest BCUT2D eigenvalue weighted by Gasteiger charge is -2.09. The Morgan fingerprint density at radius 2 is 1.93 bits per heavy atom. The van der Waals surface area contributed by atoms with E-state index in [4.69, 9.17) is 25.6 Å². The molecule has 0 radical (unpaired) electrons. The molecule has 0 atom stereocenters. The fraction of sp³-hybridized carbons (Fsp3) is 0.211. The second-order valence-electron chi connectivity index (χ2n) is 5.57. The van der Waals surface area contributed by atoms with Crippen molar-refractivity contribution in [1.29, 1.82) is 0 Å². The van der Waals surface area contributed by atoms with Gasteiger partial charge < -0.3 is 19.3 Å². The summed E-state index contributed by atoms with van der Waals surface area (Å²) in [6.07, 6.45) is 0.399. The molecule has 0 saturated heterocycles. The van der Waals surface area contributed by atoms with Crippen LogP contribution in [-0.4, -0.2) is 36.8 Å². The first-order valence-electron chi connectivity index (χ1n) is 8.20. The summed E-state index contributed by atoms with van der Waals surface area (Å²) in [5.74, 6) is 1.65. The zero-order valence-corrected chi connectivity index (χ0v) is 15.6. The maximum atomic E-state index is 12.3. The Labute approximate surface area is 161 Å². The van der Waals surface area contributed by atoms with Crippen LogP contribution in [0, 0.1) is 0 Å². The molecule has 1 amide bonds. The van der Waals surface area contributed by atoms with Crippen molar-refractivity contribution in [2.24, 2.45) is 0 Å². The lowest BCUT2D eigenvalue weighted by atomic mass is 10.2. The number of hydrogen-bond acceptors (Lipinski definition) is 6. The largest absolute Gasteiger partial charge is 0.493 e. The molecule has 1 heterocycles. The van der Waals surface area contributed by atoms with E-state index >= 15 is 0 Å². The van der Waals surface area contributed by atoms with Gasteiger partial charge in [0.25, 0.3) is 5.91 Å². The summed E-state index contributed by atoms with van der Waals surface area (Å²) < 4.78 is 15.6. The van der Waals surface area contributed by atoms with Crippen LogP contribution in [0.25, 0.3) is 11.4 Å². The molecule has 3 rings (SSSR count). The Hall–Kier alpha value is -3.06. The minimum Gasteiger partial charge on any atom is -0.493 e. The molecule has 1 aromatic heterocycles. The molecule has 3 aromatic rings. The molecule has 7 nitrogen and oxygen atoms in total. The molecule has 0 aliphatic heterocycles. The van der Waals surface area contributed by atoms with Crippen molar-refractivity contribution in [1.82, 2.24) is 15.5 Å². The van der Waals surface area contributed by atoms with Crippen LogP contribution in [0.3, 0.4) is 0 Å². The highest BCUT2D eigenvalue weighted by Gasteiger charge is 2.13. The Bertz CT molecular complexity index is 942. The van der Waals surface area contributed by atoms with Crippen LogP contribution in [0.4, 0.5) is 0 Å². The summed E-state index contributed by atoms with van der Waals surface area (Å²) >= 11 is 6.13. The molecule has 0 aliphatic rings. The number of carbonyl (C=O) groups is 1. The third-order valence-corrected chi connectivity index (χ3v) is 4.18. The predicted molar refractivity (Wildman–Crippen MR) is 100 cm³/mol. The maximum absolute atomic E-state index is 12.3. The van der Waals surface area contributed by atoms with E-state index < -0.39 is 0 Å². The van der Waals surface area contributed by atoms with Crippen molar-refractivity contribution in [3.63, 3.8) is 0 Å². The number of aromatic nitrogens is 2. The van der Waals surface area contributed by atoms with Crippen molar-refractivity contribution in [3.05, 3.63) is 58.9 Å². The van der Waals surface area contributed by atoms with Crippen molar-refractivity contribution in [3.8, 4) is 22.9 Å². The molecule has 27 heavy (non-hydrogen) atoms. The van der Waals surface area contributed by atoms with Crippen molar-refractivity contribution < 1.29 is 18.8 Å². The average Bonchev–Trinajstić information content (AvgIpc) is 3.16. The molecule has 0 aliphatic carbocycles. The third kappa shape index (κ3) is 4.38. The van der Waals surface area contributed by atoms with Gasteiger partial charge in [0.15, 0.2) is 11.5 Å². The van der Waals surface area contributed by atoms with E-state index in [1.807, 2.05) is 18.2 Å². The second kappa shape index (κ2) is 8.55. The molecule has 2 aromatic carbocycles. The lowest BCUT2D eigenvalue weighted by molar-refractivity contribution is 0.0953. The molecule has 8 heteroatoms.